The highest BCUT2D eigenvalue weighted by Gasteiger charge is 2.25. The molecule has 1 aromatic heterocycles. The minimum Gasteiger partial charge on any atom is -0.361 e. The predicted octanol–water partition coefficient (Wildman–Crippen LogP) is 1.59. The normalized spacial score (nSPS) is 15.5. The Morgan fingerprint density at radius 1 is 1.25 bits per heavy atom. The molecule has 2 aromatic rings. The third-order valence-corrected chi connectivity index (χ3v) is 5.79. The molecule has 0 radical (unpaired) electrons. The van der Waals surface area contributed by atoms with Crippen LogP contribution in [0.25, 0.3) is 10.9 Å². The zero-order valence-electron chi connectivity index (χ0n) is 13.9. The maximum absolute atomic E-state index is 12.3. The van der Waals surface area contributed by atoms with Gasteiger partial charge >= 0.3 is 0 Å². The van der Waals surface area contributed by atoms with Gasteiger partial charge in [-0.2, -0.15) is 4.31 Å². The molecule has 1 fully saturated rings. The smallest absolute Gasteiger partial charge is 0.237 e. The summed E-state index contributed by atoms with van der Waals surface area (Å²) < 4.78 is 25.4. The van der Waals surface area contributed by atoms with Crippen LogP contribution in [0.2, 0.25) is 0 Å². The standard InChI is InChI=1S/C17H23N3O3S/c1-24(22,23)20(13-17(21)19-9-4-5-10-19)11-8-14-12-18-16-7-3-2-6-15(14)16/h2-3,6-7,12,18H,4-5,8-11,13H2,1H3. The molecule has 1 amide bonds. The minimum atomic E-state index is -3.42. The van der Waals surface area contributed by atoms with Gasteiger partial charge in [0.25, 0.3) is 0 Å². The number of aromatic amines is 1. The van der Waals surface area contributed by atoms with Crippen LogP contribution in [0.15, 0.2) is 30.5 Å². The second-order valence-corrected chi connectivity index (χ2v) is 8.28. The zero-order chi connectivity index (χ0) is 17.2. The Labute approximate surface area is 142 Å². The van der Waals surface area contributed by atoms with Crippen LogP contribution < -0.4 is 0 Å². The molecule has 0 saturated carbocycles. The first-order valence-electron chi connectivity index (χ1n) is 8.23. The molecule has 6 nitrogen and oxygen atoms in total. The van der Waals surface area contributed by atoms with E-state index in [1.807, 2.05) is 30.5 Å². The molecule has 1 aliphatic rings. The van der Waals surface area contributed by atoms with E-state index in [9.17, 15) is 13.2 Å². The predicted molar refractivity (Wildman–Crippen MR) is 94.2 cm³/mol. The Bertz CT molecular complexity index is 822. The van der Waals surface area contributed by atoms with E-state index in [0.29, 0.717) is 13.0 Å². The second-order valence-electron chi connectivity index (χ2n) is 6.29. The molecule has 24 heavy (non-hydrogen) atoms. The highest BCUT2D eigenvalue weighted by atomic mass is 32.2. The summed E-state index contributed by atoms with van der Waals surface area (Å²) in [5, 5.41) is 1.09. The van der Waals surface area contributed by atoms with Crippen LogP contribution in [0.4, 0.5) is 0 Å². The van der Waals surface area contributed by atoms with E-state index in [-0.39, 0.29) is 12.5 Å². The number of hydrogen-bond acceptors (Lipinski definition) is 3. The summed E-state index contributed by atoms with van der Waals surface area (Å²) >= 11 is 0. The Balaban J connectivity index is 1.69. The van der Waals surface area contributed by atoms with E-state index in [0.717, 1.165) is 42.4 Å². The van der Waals surface area contributed by atoms with Crippen molar-refractivity contribution in [3.8, 4) is 0 Å². The highest BCUT2D eigenvalue weighted by Crippen LogP contribution is 2.19. The van der Waals surface area contributed by atoms with E-state index in [1.54, 1.807) is 4.90 Å². The largest absolute Gasteiger partial charge is 0.361 e. The summed E-state index contributed by atoms with van der Waals surface area (Å²) in [6.07, 6.45) is 5.65. The van der Waals surface area contributed by atoms with E-state index in [4.69, 9.17) is 0 Å². The Morgan fingerprint density at radius 3 is 2.67 bits per heavy atom. The summed E-state index contributed by atoms with van der Waals surface area (Å²) in [5.74, 6) is -0.100. The zero-order valence-corrected chi connectivity index (χ0v) is 14.7. The van der Waals surface area contributed by atoms with E-state index >= 15 is 0 Å². The summed E-state index contributed by atoms with van der Waals surface area (Å²) in [6, 6.07) is 7.93. The number of rotatable bonds is 6. The first-order chi connectivity index (χ1) is 11.4. The number of sulfonamides is 1. The molecule has 0 unspecified atom stereocenters. The monoisotopic (exact) mass is 349 g/mol. The lowest BCUT2D eigenvalue weighted by atomic mass is 10.1. The van der Waals surface area contributed by atoms with Crippen molar-refractivity contribution in [3.63, 3.8) is 0 Å². The highest BCUT2D eigenvalue weighted by molar-refractivity contribution is 7.88. The van der Waals surface area contributed by atoms with Crippen molar-refractivity contribution in [3.05, 3.63) is 36.0 Å². The molecule has 7 heteroatoms. The number of carbonyl (C=O) groups is 1. The molecular weight excluding hydrogens is 326 g/mol. The Morgan fingerprint density at radius 2 is 1.96 bits per heavy atom. The third-order valence-electron chi connectivity index (χ3n) is 4.54. The Hall–Kier alpha value is -1.86. The lowest BCUT2D eigenvalue weighted by molar-refractivity contribution is -0.130. The van der Waals surface area contributed by atoms with Gasteiger partial charge in [-0.15, -0.1) is 0 Å². The summed E-state index contributed by atoms with van der Waals surface area (Å²) in [7, 11) is -3.42. The molecule has 130 valence electrons. The molecule has 1 saturated heterocycles. The van der Waals surface area contributed by atoms with Gasteiger partial charge in [-0.1, -0.05) is 18.2 Å². The third kappa shape index (κ3) is 3.79. The van der Waals surface area contributed by atoms with Gasteiger partial charge in [0.2, 0.25) is 15.9 Å². The molecule has 0 bridgehead atoms. The lowest BCUT2D eigenvalue weighted by Crippen LogP contribution is -2.42. The fraction of sp³-hybridized carbons (Fsp3) is 0.471. The van der Waals surface area contributed by atoms with Crippen LogP contribution in [-0.2, 0) is 21.2 Å². The molecule has 0 atom stereocenters. The minimum absolute atomic E-state index is 0.0683. The van der Waals surface area contributed by atoms with Gasteiger partial charge in [0.1, 0.15) is 0 Å². The number of amides is 1. The summed E-state index contributed by atoms with van der Waals surface area (Å²) in [4.78, 5) is 17.2. The number of fused-ring (bicyclic) bond motifs is 1. The van der Waals surface area contributed by atoms with Crippen LogP contribution in [-0.4, -0.2) is 60.9 Å². The van der Waals surface area contributed by atoms with Gasteiger partial charge in [-0.05, 0) is 30.9 Å². The van der Waals surface area contributed by atoms with Gasteiger partial charge in [0.15, 0.2) is 0 Å². The number of hydrogen-bond donors (Lipinski definition) is 1. The average molecular weight is 349 g/mol. The number of para-hydroxylation sites is 1. The number of aromatic nitrogens is 1. The Kier molecular flexibility index (Phi) is 4.91. The fourth-order valence-electron chi connectivity index (χ4n) is 3.16. The van der Waals surface area contributed by atoms with Crippen LogP contribution in [0, 0.1) is 0 Å². The molecular formula is C17H23N3O3S. The van der Waals surface area contributed by atoms with Gasteiger partial charge in [-0.3, -0.25) is 4.79 Å². The fourth-order valence-corrected chi connectivity index (χ4v) is 3.93. The van der Waals surface area contributed by atoms with E-state index in [2.05, 4.69) is 4.98 Å². The van der Waals surface area contributed by atoms with Crippen molar-refractivity contribution < 1.29 is 13.2 Å². The number of likely N-dealkylation sites (tertiary alicyclic amines) is 1. The topological polar surface area (TPSA) is 73.5 Å². The van der Waals surface area contributed by atoms with Crippen LogP contribution in [0.3, 0.4) is 0 Å². The van der Waals surface area contributed by atoms with Crippen molar-refractivity contribution in [2.75, 3.05) is 32.4 Å². The number of benzene rings is 1. The molecule has 1 aliphatic heterocycles. The van der Waals surface area contributed by atoms with Crippen molar-refractivity contribution >= 4 is 26.8 Å². The molecule has 1 N–H and O–H groups in total. The average Bonchev–Trinajstić information content (AvgIpc) is 3.20. The van der Waals surface area contributed by atoms with E-state index in [1.165, 1.54) is 10.6 Å². The maximum Gasteiger partial charge on any atom is 0.237 e. The molecule has 0 spiro atoms. The van der Waals surface area contributed by atoms with Crippen molar-refractivity contribution in [2.45, 2.75) is 19.3 Å². The first kappa shape index (κ1) is 17.0. The van der Waals surface area contributed by atoms with Gasteiger partial charge in [0.05, 0.1) is 12.8 Å². The van der Waals surface area contributed by atoms with Crippen LogP contribution >= 0.6 is 0 Å². The molecule has 0 aliphatic carbocycles. The van der Waals surface area contributed by atoms with Gasteiger partial charge in [-0.25, -0.2) is 8.42 Å². The van der Waals surface area contributed by atoms with Crippen molar-refractivity contribution in [1.82, 2.24) is 14.2 Å². The van der Waals surface area contributed by atoms with Gasteiger partial charge < -0.3 is 9.88 Å². The summed E-state index contributed by atoms with van der Waals surface area (Å²) in [6.45, 7) is 1.71. The molecule has 3 rings (SSSR count). The van der Waals surface area contributed by atoms with Gasteiger partial charge in [0, 0.05) is 36.7 Å². The number of nitrogens with zero attached hydrogens (tertiary/aromatic N) is 2. The second kappa shape index (κ2) is 6.94. The SMILES string of the molecule is CS(=O)(=O)N(CCc1c[nH]c2ccccc12)CC(=O)N1CCCC1. The lowest BCUT2D eigenvalue weighted by Gasteiger charge is -2.23. The van der Waals surface area contributed by atoms with E-state index < -0.39 is 10.0 Å². The molecule has 2 heterocycles. The van der Waals surface area contributed by atoms with Crippen molar-refractivity contribution in [1.29, 1.82) is 0 Å². The molecule has 1 aromatic carbocycles. The number of nitrogens with one attached hydrogen (secondary N) is 1. The first-order valence-corrected chi connectivity index (χ1v) is 10.1. The maximum atomic E-state index is 12.3. The number of H-pyrrole nitrogens is 1. The van der Waals surface area contributed by atoms with Crippen molar-refractivity contribution in [2.24, 2.45) is 0 Å². The van der Waals surface area contributed by atoms with Crippen LogP contribution in [0.1, 0.15) is 18.4 Å². The quantitative estimate of drug-likeness (QED) is 0.861. The van der Waals surface area contributed by atoms with Crippen LogP contribution in [0.5, 0.6) is 0 Å². The summed E-state index contributed by atoms with van der Waals surface area (Å²) in [5.41, 5.74) is 2.10. The number of carbonyl (C=O) groups excluding carboxylic acids is 1.